The van der Waals surface area contributed by atoms with E-state index in [9.17, 15) is 0 Å². The fourth-order valence-electron chi connectivity index (χ4n) is 1.75. The molecule has 0 spiro atoms. The molecule has 4 heteroatoms. The molecule has 1 aromatic heterocycles. The fourth-order valence-corrected chi connectivity index (χ4v) is 1.75. The molecular formula is C14H19N3O. The molecule has 0 aliphatic rings. The lowest BCUT2D eigenvalue weighted by Gasteiger charge is -2.14. The number of ether oxygens (including phenoxy) is 1. The summed E-state index contributed by atoms with van der Waals surface area (Å²) < 4.78 is 7.29. The van der Waals surface area contributed by atoms with Crippen LogP contribution in [0.1, 0.15) is 26.5 Å². The maximum absolute atomic E-state index is 5.82. The lowest BCUT2D eigenvalue weighted by Crippen LogP contribution is -2.11. The average molecular weight is 245 g/mol. The molecular weight excluding hydrogens is 226 g/mol. The summed E-state index contributed by atoms with van der Waals surface area (Å²) in [7, 11) is 1.65. The predicted molar refractivity (Wildman–Crippen MR) is 73.2 cm³/mol. The zero-order valence-electron chi connectivity index (χ0n) is 11.3. The molecule has 1 heterocycles. The molecule has 0 saturated heterocycles. The molecule has 0 atom stereocenters. The number of anilines is 1. The van der Waals surface area contributed by atoms with Crippen molar-refractivity contribution in [1.82, 2.24) is 9.55 Å². The summed E-state index contributed by atoms with van der Waals surface area (Å²) in [5, 5.41) is 0. The van der Waals surface area contributed by atoms with Crippen LogP contribution in [0.2, 0.25) is 0 Å². The van der Waals surface area contributed by atoms with Crippen LogP contribution in [-0.2, 0) is 5.41 Å². The van der Waals surface area contributed by atoms with Gasteiger partial charge in [-0.3, -0.25) is 0 Å². The Morgan fingerprint density at radius 3 is 2.56 bits per heavy atom. The Kier molecular flexibility index (Phi) is 3.03. The van der Waals surface area contributed by atoms with Crippen molar-refractivity contribution in [3.05, 3.63) is 36.4 Å². The molecule has 1 aromatic carbocycles. The summed E-state index contributed by atoms with van der Waals surface area (Å²) in [6.07, 6.45) is 3.80. The number of hydrogen-bond donors (Lipinski definition) is 1. The topological polar surface area (TPSA) is 53.1 Å². The second-order valence-corrected chi connectivity index (χ2v) is 5.35. The van der Waals surface area contributed by atoms with E-state index in [0.29, 0.717) is 5.69 Å². The van der Waals surface area contributed by atoms with Gasteiger partial charge < -0.3 is 15.0 Å². The van der Waals surface area contributed by atoms with Gasteiger partial charge in [-0.05, 0) is 18.2 Å². The van der Waals surface area contributed by atoms with E-state index in [1.54, 1.807) is 13.4 Å². The molecule has 0 aliphatic carbocycles. The summed E-state index contributed by atoms with van der Waals surface area (Å²) in [5.74, 6) is 0.780. The number of benzene rings is 1. The largest absolute Gasteiger partial charge is 0.495 e. The first-order valence-corrected chi connectivity index (χ1v) is 5.90. The molecule has 2 aromatic rings. The van der Waals surface area contributed by atoms with Gasteiger partial charge in [0.2, 0.25) is 0 Å². The molecule has 96 valence electrons. The maximum atomic E-state index is 5.82. The van der Waals surface area contributed by atoms with Gasteiger partial charge in [0.05, 0.1) is 24.8 Å². The van der Waals surface area contributed by atoms with Crippen LogP contribution in [0, 0.1) is 0 Å². The number of nitrogen functional groups attached to an aromatic ring is 1. The van der Waals surface area contributed by atoms with E-state index < -0.39 is 0 Å². The highest BCUT2D eigenvalue weighted by Gasteiger charge is 2.17. The van der Waals surface area contributed by atoms with Gasteiger partial charge in [-0.15, -0.1) is 0 Å². The molecule has 2 N–H and O–H groups in total. The Bertz CT molecular complexity index is 552. The molecule has 0 fully saturated rings. The molecule has 0 amide bonds. The van der Waals surface area contributed by atoms with Crippen molar-refractivity contribution in [2.45, 2.75) is 26.2 Å². The van der Waals surface area contributed by atoms with Crippen molar-refractivity contribution in [3.8, 4) is 11.4 Å². The van der Waals surface area contributed by atoms with E-state index in [4.69, 9.17) is 10.5 Å². The van der Waals surface area contributed by atoms with Gasteiger partial charge >= 0.3 is 0 Å². The molecule has 4 nitrogen and oxygen atoms in total. The molecule has 0 unspecified atom stereocenters. The third-order valence-corrected chi connectivity index (χ3v) is 2.83. The minimum Gasteiger partial charge on any atom is -0.495 e. The van der Waals surface area contributed by atoms with Gasteiger partial charge in [-0.1, -0.05) is 20.8 Å². The van der Waals surface area contributed by atoms with Crippen molar-refractivity contribution in [3.63, 3.8) is 0 Å². The van der Waals surface area contributed by atoms with Crippen LogP contribution in [0.4, 0.5) is 5.69 Å². The number of nitrogens with two attached hydrogens (primary N) is 1. The number of nitrogens with zero attached hydrogens (tertiary/aromatic N) is 2. The number of methoxy groups -OCH3 is 1. The molecule has 0 aliphatic heterocycles. The minimum atomic E-state index is 0.0266. The van der Waals surface area contributed by atoms with Crippen LogP contribution in [0.15, 0.2) is 30.7 Å². The Hall–Kier alpha value is -1.97. The normalized spacial score (nSPS) is 11.6. The highest BCUT2D eigenvalue weighted by Crippen LogP contribution is 2.27. The summed E-state index contributed by atoms with van der Waals surface area (Å²) in [5.41, 5.74) is 8.49. The van der Waals surface area contributed by atoms with Gasteiger partial charge in [0.1, 0.15) is 5.75 Å². The highest BCUT2D eigenvalue weighted by molar-refractivity contribution is 5.56. The zero-order chi connectivity index (χ0) is 13.3. The van der Waals surface area contributed by atoms with Gasteiger partial charge in [0.15, 0.2) is 0 Å². The van der Waals surface area contributed by atoms with Crippen LogP contribution < -0.4 is 10.5 Å². The Balaban J connectivity index is 2.49. The van der Waals surface area contributed by atoms with E-state index in [2.05, 4.69) is 25.8 Å². The second-order valence-electron chi connectivity index (χ2n) is 5.35. The predicted octanol–water partition coefficient (Wildman–Crippen LogP) is 2.76. The number of rotatable bonds is 2. The van der Waals surface area contributed by atoms with E-state index in [0.717, 1.165) is 17.1 Å². The SMILES string of the molecule is COc1ccc(N)cc1-n1cnc(C(C)(C)C)c1. The minimum absolute atomic E-state index is 0.0266. The van der Waals surface area contributed by atoms with Crippen molar-refractivity contribution >= 4 is 5.69 Å². The highest BCUT2D eigenvalue weighted by atomic mass is 16.5. The van der Waals surface area contributed by atoms with Gasteiger partial charge in [0, 0.05) is 17.3 Å². The van der Waals surface area contributed by atoms with E-state index in [-0.39, 0.29) is 5.41 Å². The Morgan fingerprint density at radius 1 is 1.28 bits per heavy atom. The van der Waals surface area contributed by atoms with E-state index in [1.807, 2.05) is 29.0 Å². The summed E-state index contributed by atoms with van der Waals surface area (Å²) in [4.78, 5) is 4.44. The number of aromatic nitrogens is 2. The van der Waals surface area contributed by atoms with Crippen LogP contribution in [0.3, 0.4) is 0 Å². The van der Waals surface area contributed by atoms with Crippen molar-refractivity contribution in [1.29, 1.82) is 0 Å². The maximum Gasteiger partial charge on any atom is 0.143 e. The Morgan fingerprint density at radius 2 is 2.00 bits per heavy atom. The van der Waals surface area contributed by atoms with Gasteiger partial charge in [-0.25, -0.2) is 4.98 Å². The fraction of sp³-hybridized carbons (Fsp3) is 0.357. The molecule has 0 saturated carbocycles. The second kappa shape index (κ2) is 4.37. The van der Waals surface area contributed by atoms with Crippen LogP contribution in [-0.4, -0.2) is 16.7 Å². The summed E-state index contributed by atoms with van der Waals surface area (Å²) in [6, 6.07) is 5.57. The van der Waals surface area contributed by atoms with E-state index in [1.165, 1.54) is 0 Å². The lowest BCUT2D eigenvalue weighted by atomic mass is 9.93. The van der Waals surface area contributed by atoms with Gasteiger partial charge in [0.25, 0.3) is 0 Å². The third-order valence-electron chi connectivity index (χ3n) is 2.83. The smallest absolute Gasteiger partial charge is 0.143 e. The van der Waals surface area contributed by atoms with Crippen LogP contribution in [0.5, 0.6) is 5.75 Å². The van der Waals surface area contributed by atoms with Gasteiger partial charge in [-0.2, -0.15) is 0 Å². The standard InChI is InChI=1S/C14H19N3O/c1-14(2,3)13-8-17(9-16-13)11-7-10(15)5-6-12(11)18-4/h5-9H,15H2,1-4H3. The third kappa shape index (κ3) is 2.32. The molecule has 18 heavy (non-hydrogen) atoms. The lowest BCUT2D eigenvalue weighted by molar-refractivity contribution is 0.413. The van der Waals surface area contributed by atoms with Crippen molar-refractivity contribution < 1.29 is 4.74 Å². The Labute approximate surface area is 107 Å². The molecule has 2 rings (SSSR count). The molecule has 0 bridgehead atoms. The summed E-state index contributed by atoms with van der Waals surface area (Å²) in [6.45, 7) is 6.41. The quantitative estimate of drug-likeness (QED) is 0.828. The first kappa shape index (κ1) is 12.5. The first-order chi connectivity index (χ1) is 8.41. The average Bonchev–Trinajstić information content (AvgIpc) is 2.77. The molecule has 0 radical (unpaired) electrons. The van der Waals surface area contributed by atoms with Crippen molar-refractivity contribution in [2.75, 3.05) is 12.8 Å². The number of imidazole rings is 1. The van der Waals surface area contributed by atoms with E-state index >= 15 is 0 Å². The van der Waals surface area contributed by atoms with Crippen molar-refractivity contribution in [2.24, 2.45) is 0 Å². The summed E-state index contributed by atoms with van der Waals surface area (Å²) >= 11 is 0. The number of hydrogen-bond acceptors (Lipinski definition) is 3. The van der Waals surface area contributed by atoms with Crippen LogP contribution in [0.25, 0.3) is 5.69 Å². The first-order valence-electron chi connectivity index (χ1n) is 5.90. The van der Waals surface area contributed by atoms with Crippen LogP contribution >= 0.6 is 0 Å². The zero-order valence-corrected chi connectivity index (χ0v) is 11.3. The monoisotopic (exact) mass is 245 g/mol.